The lowest BCUT2D eigenvalue weighted by Gasteiger charge is -2.06. The first-order valence-electron chi connectivity index (χ1n) is 5.08. The van der Waals surface area contributed by atoms with Crippen LogP contribution in [0.2, 0.25) is 5.02 Å². The van der Waals surface area contributed by atoms with Crippen molar-refractivity contribution in [2.24, 2.45) is 0 Å². The number of aromatic nitrogens is 1. The van der Waals surface area contributed by atoms with Crippen LogP contribution in [0.1, 0.15) is 21.6 Å². The average Bonchev–Trinajstić information content (AvgIpc) is 2.30. The van der Waals surface area contributed by atoms with Gasteiger partial charge in [0.2, 0.25) is 0 Å². The minimum atomic E-state index is -0.951. The maximum atomic E-state index is 11.1. The normalized spacial score (nSPS) is 10.2. The van der Waals surface area contributed by atoms with Crippen LogP contribution in [0.3, 0.4) is 0 Å². The molecule has 0 aliphatic rings. The summed E-state index contributed by atoms with van der Waals surface area (Å²) in [5.74, 6) is -0.951. The van der Waals surface area contributed by atoms with Gasteiger partial charge in [-0.2, -0.15) is 0 Å². The third kappa shape index (κ3) is 2.82. The zero-order chi connectivity index (χ0) is 12.3. The second-order valence-electron chi connectivity index (χ2n) is 3.60. The molecule has 0 saturated carbocycles. The van der Waals surface area contributed by atoms with Gasteiger partial charge in [0, 0.05) is 23.3 Å². The number of aromatic carboxylic acids is 1. The van der Waals surface area contributed by atoms with Gasteiger partial charge in [-0.3, -0.25) is 4.98 Å². The van der Waals surface area contributed by atoms with Gasteiger partial charge in [0.1, 0.15) is 0 Å². The molecule has 3 nitrogen and oxygen atoms in total. The van der Waals surface area contributed by atoms with Gasteiger partial charge in [0.25, 0.3) is 0 Å². The molecule has 2 rings (SSSR count). The number of pyridine rings is 1. The molecule has 1 aromatic carbocycles. The highest BCUT2D eigenvalue weighted by Crippen LogP contribution is 2.18. The Balaban J connectivity index is 2.37. The molecule has 0 bridgehead atoms. The van der Waals surface area contributed by atoms with Crippen LogP contribution in [0, 0.1) is 0 Å². The molecule has 0 radical (unpaired) electrons. The van der Waals surface area contributed by atoms with Gasteiger partial charge >= 0.3 is 5.97 Å². The zero-order valence-electron chi connectivity index (χ0n) is 8.93. The highest BCUT2D eigenvalue weighted by atomic mass is 35.5. The van der Waals surface area contributed by atoms with Crippen molar-refractivity contribution in [2.45, 2.75) is 6.42 Å². The van der Waals surface area contributed by atoms with Crippen LogP contribution < -0.4 is 0 Å². The largest absolute Gasteiger partial charge is 0.478 e. The van der Waals surface area contributed by atoms with Crippen LogP contribution >= 0.6 is 11.6 Å². The van der Waals surface area contributed by atoms with Crippen LogP contribution in [0.15, 0.2) is 42.6 Å². The number of benzene rings is 1. The van der Waals surface area contributed by atoms with E-state index in [4.69, 9.17) is 16.7 Å². The predicted octanol–water partition coefficient (Wildman–Crippen LogP) is 3.02. The Kier molecular flexibility index (Phi) is 3.40. The average molecular weight is 248 g/mol. The van der Waals surface area contributed by atoms with E-state index in [-0.39, 0.29) is 5.56 Å². The Morgan fingerprint density at radius 1 is 1.29 bits per heavy atom. The number of nitrogens with zero attached hydrogens (tertiary/aromatic N) is 1. The summed E-state index contributed by atoms with van der Waals surface area (Å²) in [4.78, 5) is 15.2. The van der Waals surface area contributed by atoms with E-state index in [0.29, 0.717) is 17.0 Å². The van der Waals surface area contributed by atoms with Crippen LogP contribution in [-0.2, 0) is 6.42 Å². The second-order valence-corrected chi connectivity index (χ2v) is 4.04. The molecule has 86 valence electrons. The molecule has 0 aliphatic carbocycles. The van der Waals surface area contributed by atoms with Gasteiger partial charge in [0.15, 0.2) is 0 Å². The van der Waals surface area contributed by atoms with Crippen molar-refractivity contribution >= 4 is 17.6 Å². The molecule has 0 atom stereocenters. The van der Waals surface area contributed by atoms with Crippen molar-refractivity contribution in [1.29, 1.82) is 0 Å². The fraction of sp³-hybridized carbons (Fsp3) is 0.0769. The molecule has 0 spiro atoms. The topological polar surface area (TPSA) is 50.2 Å². The molecule has 0 aliphatic heterocycles. The Bertz CT molecular complexity index is 540. The third-order valence-corrected chi connectivity index (χ3v) is 2.63. The van der Waals surface area contributed by atoms with E-state index in [2.05, 4.69) is 4.98 Å². The Labute approximate surface area is 104 Å². The van der Waals surface area contributed by atoms with Crippen LogP contribution in [0.25, 0.3) is 0 Å². The molecule has 0 unspecified atom stereocenters. The SMILES string of the molecule is O=C(O)c1ccc(Cl)cc1Cc1ccccn1. The number of carboxylic acids is 1. The van der Waals surface area contributed by atoms with Gasteiger partial charge in [-0.1, -0.05) is 17.7 Å². The molecule has 1 heterocycles. The Morgan fingerprint density at radius 3 is 2.76 bits per heavy atom. The van der Waals surface area contributed by atoms with E-state index < -0.39 is 5.97 Å². The van der Waals surface area contributed by atoms with Crippen molar-refractivity contribution < 1.29 is 9.90 Å². The smallest absolute Gasteiger partial charge is 0.335 e. The van der Waals surface area contributed by atoms with E-state index in [1.165, 1.54) is 6.07 Å². The second kappa shape index (κ2) is 4.97. The number of carboxylic acid groups (broad SMARTS) is 1. The maximum absolute atomic E-state index is 11.1. The zero-order valence-corrected chi connectivity index (χ0v) is 9.69. The number of carbonyl (C=O) groups is 1. The fourth-order valence-corrected chi connectivity index (χ4v) is 1.81. The summed E-state index contributed by atoms with van der Waals surface area (Å²) in [6, 6.07) is 10.3. The van der Waals surface area contributed by atoms with Crippen molar-refractivity contribution in [3.05, 3.63) is 64.4 Å². The summed E-state index contributed by atoms with van der Waals surface area (Å²) in [6.45, 7) is 0. The highest BCUT2D eigenvalue weighted by Gasteiger charge is 2.11. The maximum Gasteiger partial charge on any atom is 0.335 e. The lowest BCUT2D eigenvalue weighted by atomic mass is 10.0. The quantitative estimate of drug-likeness (QED) is 0.907. The summed E-state index contributed by atoms with van der Waals surface area (Å²) in [5, 5.41) is 9.60. The van der Waals surface area contributed by atoms with E-state index >= 15 is 0 Å². The summed E-state index contributed by atoms with van der Waals surface area (Å²) < 4.78 is 0. The van der Waals surface area contributed by atoms with E-state index in [1.54, 1.807) is 18.3 Å². The molecule has 17 heavy (non-hydrogen) atoms. The first-order valence-corrected chi connectivity index (χ1v) is 5.46. The molecule has 0 saturated heterocycles. The lowest BCUT2D eigenvalue weighted by Crippen LogP contribution is -2.03. The molecular formula is C13H10ClNO2. The number of hydrogen-bond acceptors (Lipinski definition) is 2. The molecule has 0 amide bonds. The van der Waals surface area contributed by atoms with Crippen LogP contribution in [0.5, 0.6) is 0 Å². The van der Waals surface area contributed by atoms with Gasteiger partial charge in [-0.25, -0.2) is 4.79 Å². The van der Waals surface area contributed by atoms with Crippen molar-refractivity contribution in [1.82, 2.24) is 4.98 Å². The minimum Gasteiger partial charge on any atom is -0.478 e. The van der Waals surface area contributed by atoms with Gasteiger partial charge < -0.3 is 5.11 Å². The fourth-order valence-electron chi connectivity index (χ4n) is 1.62. The van der Waals surface area contributed by atoms with Crippen molar-refractivity contribution in [2.75, 3.05) is 0 Å². The van der Waals surface area contributed by atoms with Gasteiger partial charge in [-0.15, -0.1) is 0 Å². The lowest BCUT2D eigenvalue weighted by molar-refractivity contribution is 0.0696. The van der Waals surface area contributed by atoms with Crippen molar-refractivity contribution in [3.63, 3.8) is 0 Å². The first-order chi connectivity index (χ1) is 8.16. The van der Waals surface area contributed by atoms with Crippen LogP contribution in [-0.4, -0.2) is 16.1 Å². The number of rotatable bonds is 3. The number of halogens is 1. The summed E-state index contributed by atoms with van der Waals surface area (Å²) in [6.07, 6.45) is 2.14. The highest BCUT2D eigenvalue weighted by molar-refractivity contribution is 6.30. The summed E-state index contributed by atoms with van der Waals surface area (Å²) >= 11 is 5.87. The minimum absolute atomic E-state index is 0.264. The summed E-state index contributed by atoms with van der Waals surface area (Å²) in [5.41, 5.74) is 1.75. The molecule has 0 fully saturated rings. The van der Waals surface area contributed by atoms with Crippen LogP contribution in [0.4, 0.5) is 0 Å². The standard InChI is InChI=1S/C13H10ClNO2/c14-10-4-5-12(13(16)17)9(7-10)8-11-3-1-2-6-15-11/h1-7H,8H2,(H,16,17). The van der Waals surface area contributed by atoms with E-state index in [1.807, 2.05) is 18.2 Å². The third-order valence-electron chi connectivity index (χ3n) is 2.40. The Morgan fingerprint density at radius 2 is 2.12 bits per heavy atom. The first kappa shape index (κ1) is 11.6. The monoisotopic (exact) mass is 247 g/mol. The van der Waals surface area contributed by atoms with Gasteiger partial charge in [0.05, 0.1) is 5.56 Å². The molecular weight excluding hydrogens is 238 g/mol. The molecule has 1 N–H and O–H groups in total. The summed E-state index contributed by atoms with van der Waals surface area (Å²) in [7, 11) is 0. The molecule has 1 aromatic heterocycles. The number of hydrogen-bond donors (Lipinski definition) is 1. The molecule has 4 heteroatoms. The van der Waals surface area contributed by atoms with Gasteiger partial charge in [-0.05, 0) is 35.9 Å². The predicted molar refractivity (Wildman–Crippen MR) is 65.5 cm³/mol. The Hall–Kier alpha value is -1.87. The van der Waals surface area contributed by atoms with Crippen molar-refractivity contribution in [3.8, 4) is 0 Å². The van der Waals surface area contributed by atoms with E-state index in [0.717, 1.165) is 5.69 Å². The molecule has 2 aromatic rings. The van der Waals surface area contributed by atoms with E-state index in [9.17, 15) is 4.79 Å².